The smallest absolute Gasteiger partial charge is 0.407 e. The Bertz CT molecular complexity index is 1170. The maximum Gasteiger partial charge on any atom is 0.407 e. The van der Waals surface area contributed by atoms with Crippen LogP contribution in [0.4, 0.5) is 16.3 Å². The molecule has 1 aliphatic heterocycles. The van der Waals surface area contributed by atoms with Gasteiger partial charge in [0.2, 0.25) is 0 Å². The van der Waals surface area contributed by atoms with Crippen molar-refractivity contribution in [1.82, 2.24) is 30.3 Å². The third kappa shape index (κ3) is 5.40. The molecule has 3 aromatic heterocycles. The highest BCUT2D eigenvalue weighted by atomic mass is 16.6. The van der Waals surface area contributed by atoms with Gasteiger partial charge in [0.1, 0.15) is 6.10 Å². The molecule has 1 unspecified atom stereocenters. The fraction of sp³-hybridized carbons (Fsp3) is 0.583. The second-order valence-corrected chi connectivity index (χ2v) is 9.62. The molecule has 188 valence electrons. The van der Waals surface area contributed by atoms with Crippen molar-refractivity contribution in [2.45, 2.75) is 70.3 Å². The van der Waals surface area contributed by atoms with Crippen molar-refractivity contribution in [1.29, 1.82) is 0 Å². The quantitative estimate of drug-likeness (QED) is 0.444. The van der Waals surface area contributed by atoms with Crippen LogP contribution < -0.4 is 10.6 Å². The van der Waals surface area contributed by atoms with Gasteiger partial charge >= 0.3 is 6.09 Å². The molecule has 0 bridgehead atoms. The van der Waals surface area contributed by atoms with Gasteiger partial charge in [0, 0.05) is 49.0 Å². The number of aromatic nitrogens is 5. The summed E-state index contributed by atoms with van der Waals surface area (Å²) in [5.41, 5.74) is 3.65. The zero-order valence-corrected chi connectivity index (χ0v) is 20.4. The van der Waals surface area contributed by atoms with E-state index < -0.39 is 0 Å². The lowest BCUT2D eigenvalue weighted by molar-refractivity contribution is 0.0304. The van der Waals surface area contributed by atoms with E-state index in [9.17, 15) is 4.79 Å². The molecular formula is C24H33N7O4. The van der Waals surface area contributed by atoms with Gasteiger partial charge in [-0.2, -0.15) is 10.2 Å². The molecule has 2 aliphatic rings. The summed E-state index contributed by atoms with van der Waals surface area (Å²) in [5, 5.41) is 19.4. The molecule has 5 rings (SSSR count). The van der Waals surface area contributed by atoms with E-state index in [4.69, 9.17) is 14.2 Å². The van der Waals surface area contributed by atoms with E-state index in [2.05, 4.69) is 30.9 Å². The van der Waals surface area contributed by atoms with Crippen LogP contribution in [0.3, 0.4) is 0 Å². The molecule has 1 aliphatic carbocycles. The van der Waals surface area contributed by atoms with Crippen LogP contribution in [0.1, 0.15) is 56.8 Å². The highest BCUT2D eigenvalue weighted by Gasteiger charge is 2.30. The van der Waals surface area contributed by atoms with Gasteiger partial charge in [-0.3, -0.25) is 14.8 Å². The first-order chi connectivity index (χ1) is 17.0. The van der Waals surface area contributed by atoms with Gasteiger partial charge in [0.15, 0.2) is 5.82 Å². The highest BCUT2D eigenvalue weighted by molar-refractivity contribution is 5.93. The number of carbonyl (C=O) groups excluding carboxylic acids is 1. The number of hydrogen-bond acceptors (Lipinski definition) is 8. The molecular weight excluding hydrogens is 450 g/mol. The number of aryl methyl sites for hydroxylation is 1. The molecule has 11 heteroatoms. The number of nitrogens with zero attached hydrogens (tertiary/aromatic N) is 4. The summed E-state index contributed by atoms with van der Waals surface area (Å²) in [6.45, 7) is 5.64. The first-order valence-electron chi connectivity index (χ1n) is 12.2. The SMILES string of the molecule is CC(C)NC(=O)O[C@@H]1CC[C@H](c2cc(Nc3cncc4c(COC5CCOC5)nn(C)c34)n[nH]2)C1. The summed E-state index contributed by atoms with van der Waals surface area (Å²) in [6, 6.07) is 2.07. The first kappa shape index (κ1) is 23.6. The Morgan fingerprint density at radius 3 is 2.97 bits per heavy atom. The Balaban J connectivity index is 1.24. The summed E-state index contributed by atoms with van der Waals surface area (Å²) >= 11 is 0. The van der Waals surface area contributed by atoms with Crippen molar-refractivity contribution < 1.29 is 19.0 Å². The predicted molar refractivity (Wildman–Crippen MR) is 130 cm³/mol. The standard InChI is InChI=1S/C24H33N7O4/c1-14(2)26-24(32)35-16-5-4-15(8-16)19-9-22(29-28-19)27-20-11-25-10-18-21(30-31(3)23(18)20)13-34-17-6-7-33-12-17/h9-11,14-17H,4-8,12-13H2,1-3H3,(H,26,32)(H2,27,28,29)/t15-,16+,17?/m0/s1. The van der Waals surface area contributed by atoms with E-state index in [0.717, 1.165) is 60.3 Å². The Kier molecular flexibility index (Phi) is 6.87. The normalized spacial score (nSPS) is 22.2. The zero-order chi connectivity index (χ0) is 24.4. The van der Waals surface area contributed by atoms with Gasteiger partial charge in [-0.25, -0.2) is 4.79 Å². The van der Waals surface area contributed by atoms with Crippen LogP contribution >= 0.6 is 0 Å². The summed E-state index contributed by atoms with van der Waals surface area (Å²) in [6.07, 6.45) is 6.76. The number of alkyl carbamates (subject to hydrolysis) is 1. The largest absolute Gasteiger partial charge is 0.446 e. The Hall–Kier alpha value is -3.18. The van der Waals surface area contributed by atoms with Crippen LogP contribution in [0.2, 0.25) is 0 Å². The highest BCUT2D eigenvalue weighted by Crippen LogP contribution is 2.36. The lowest BCUT2D eigenvalue weighted by Crippen LogP contribution is -2.33. The number of aromatic amines is 1. The molecule has 1 saturated heterocycles. The minimum absolute atomic E-state index is 0.0600. The number of rotatable bonds is 8. The molecule has 3 aromatic rings. The summed E-state index contributed by atoms with van der Waals surface area (Å²) in [7, 11) is 1.92. The number of carbonyl (C=O) groups is 1. The van der Waals surface area contributed by atoms with Crippen LogP contribution in [-0.4, -0.2) is 62.5 Å². The minimum Gasteiger partial charge on any atom is -0.446 e. The number of pyridine rings is 1. The number of hydrogen-bond donors (Lipinski definition) is 3. The lowest BCUT2D eigenvalue weighted by atomic mass is 10.0. The average molecular weight is 484 g/mol. The van der Waals surface area contributed by atoms with E-state index in [1.165, 1.54) is 0 Å². The number of amides is 1. The van der Waals surface area contributed by atoms with Crippen molar-refractivity contribution in [3.05, 3.63) is 29.8 Å². The molecule has 1 amide bonds. The molecule has 3 N–H and O–H groups in total. The maximum absolute atomic E-state index is 11.9. The van der Waals surface area contributed by atoms with Crippen LogP contribution in [0.15, 0.2) is 18.5 Å². The Morgan fingerprint density at radius 2 is 2.17 bits per heavy atom. The number of nitrogens with one attached hydrogen (secondary N) is 3. The van der Waals surface area contributed by atoms with Crippen molar-refractivity contribution in [2.24, 2.45) is 7.05 Å². The van der Waals surface area contributed by atoms with Crippen LogP contribution in [0, 0.1) is 0 Å². The van der Waals surface area contributed by atoms with E-state index in [1.54, 1.807) is 6.20 Å². The minimum atomic E-state index is -0.351. The molecule has 1 saturated carbocycles. The van der Waals surface area contributed by atoms with Gasteiger partial charge in [-0.1, -0.05) is 0 Å². The average Bonchev–Trinajstić information content (AvgIpc) is 3.60. The predicted octanol–water partition coefficient (Wildman–Crippen LogP) is 3.51. The Labute approximate surface area is 203 Å². The van der Waals surface area contributed by atoms with Gasteiger partial charge < -0.3 is 24.8 Å². The summed E-state index contributed by atoms with van der Waals surface area (Å²) in [4.78, 5) is 16.3. The van der Waals surface area contributed by atoms with Crippen molar-refractivity contribution in [2.75, 3.05) is 18.5 Å². The summed E-state index contributed by atoms with van der Waals surface area (Å²) in [5.74, 6) is 0.974. The van der Waals surface area contributed by atoms with E-state index in [1.807, 2.05) is 37.8 Å². The molecule has 3 atom stereocenters. The third-order valence-corrected chi connectivity index (χ3v) is 6.53. The molecule has 0 aromatic carbocycles. The topological polar surface area (TPSA) is 128 Å². The van der Waals surface area contributed by atoms with Crippen molar-refractivity contribution >= 4 is 28.5 Å². The molecule has 0 spiro atoms. The van der Waals surface area contributed by atoms with Crippen LogP contribution in [-0.2, 0) is 27.9 Å². The fourth-order valence-corrected chi connectivity index (χ4v) is 4.84. The van der Waals surface area contributed by atoms with Gasteiger partial charge in [-0.05, 0) is 39.5 Å². The molecule has 35 heavy (non-hydrogen) atoms. The molecule has 2 fully saturated rings. The number of H-pyrrole nitrogens is 1. The van der Waals surface area contributed by atoms with Gasteiger partial charge in [0.05, 0.1) is 42.4 Å². The fourth-order valence-electron chi connectivity index (χ4n) is 4.84. The zero-order valence-electron chi connectivity index (χ0n) is 20.4. The summed E-state index contributed by atoms with van der Waals surface area (Å²) < 4.78 is 18.8. The first-order valence-corrected chi connectivity index (χ1v) is 12.2. The van der Waals surface area contributed by atoms with Gasteiger partial charge in [-0.15, -0.1) is 0 Å². The van der Waals surface area contributed by atoms with E-state index >= 15 is 0 Å². The second kappa shape index (κ2) is 10.2. The van der Waals surface area contributed by atoms with E-state index in [-0.39, 0.29) is 30.3 Å². The van der Waals surface area contributed by atoms with E-state index in [0.29, 0.717) is 19.0 Å². The molecule has 4 heterocycles. The monoisotopic (exact) mass is 483 g/mol. The molecule has 11 nitrogen and oxygen atoms in total. The number of anilines is 2. The maximum atomic E-state index is 11.9. The third-order valence-electron chi connectivity index (χ3n) is 6.53. The second-order valence-electron chi connectivity index (χ2n) is 9.62. The van der Waals surface area contributed by atoms with Crippen LogP contribution in [0.25, 0.3) is 10.9 Å². The molecule has 0 radical (unpaired) electrons. The van der Waals surface area contributed by atoms with Crippen LogP contribution in [0.5, 0.6) is 0 Å². The van der Waals surface area contributed by atoms with Crippen molar-refractivity contribution in [3.63, 3.8) is 0 Å². The number of ether oxygens (including phenoxy) is 3. The number of fused-ring (bicyclic) bond motifs is 1. The van der Waals surface area contributed by atoms with Gasteiger partial charge in [0.25, 0.3) is 0 Å². The lowest BCUT2D eigenvalue weighted by Gasteiger charge is -2.14. The van der Waals surface area contributed by atoms with Crippen molar-refractivity contribution in [3.8, 4) is 0 Å². The Morgan fingerprint density at radius 1 is 1.29 bits per heavy atom.